The van der Waals surface area contributed by atoms with Crippen molar-refractivity contribution in [2.24, 2.45) is 0 Å². The van der Waals surface area contributed by atoms with Crippen LogP contribution >= 0.6 is 7.60 Å². The number of rotatable bonds is 8. The van der Waals surface area contributed by atoms with Gasteiger partial charge in [-0.05, 0) is 38.5 Å². The summed E-state index contributed by atoms with van der Waals surface area (Å²) >= 11 is 0. The lowest BCUT2D eigenvalue weighted by Crippen LogP contribution is -2.15. The van der Waals surface area contributed by atoms with E-state index in [4.69, 9.17) is 9.05 Å². The zero-order chi connectivity index (χ0) is 17.6. The normalized spacial score (nSPS) is 12.8. The van der Waals surface area contributed by atoms with Crippen molar-refractivity contribution >= 4 is 13.3 Å². The molecule has 0 aliphatic heterocycles. The summed E-state index contributed by atoms with van der Waals surface area (Å²) in [4.78, 5) is 0. The first kappa shape index (κ1) is 18.5. The third-order valence-electron chi connectivity index (χ3n) is 3.52. The van der Waals surface area contributed by atoms with Crippen molar-refractivity contribution in [3.05, 3.63) is 59.7 Å². The third-order valence-corrected chi connectivity index (χ3v) is 5.82. The van der Waals surface area contributed by atoms with Crippen LogP contribution in [-0.4, -0.2) is 18.3 Å². The Balaban J connectivity index is 2.46. The Labute approximate surface area is 143 Å². The number of hydrogen-bond acceptors (Lipinski definition) is 5. The summed E-state index contributed by atoms with van der Waals surface area (Å²) in [6.45, 7) is 6.07. The standard InChI is InChI=1S/C18H24NO4P/c1-4-22-24(21,23-5-2)18(15-12-10-14(3)11-13-15)19-16-8-6-7-9-17(16)20/h6-13,18-20H,4-5H2,1-3H3. The lowest BCUT2D eigenvalue weighted by atomic mass is 10.1. The molecule has 2 aromatic rings. The topological polar surface area (TPSA) is 67.8 Å². The maximum absolute atomic E-state index is 13.3. The minimum absolute atomic E-state index is 0.0779. The number of aromatic hydroxyl groups is 1. The lowest BCUT2D eigenvalue weighted by molar-refractivity contribution is 0.214. The molecule has 1 atom stereocenters. The fourth-order valence-electron chi connectivity index (χ4n) is 2.38. The molecule has 0 spiro atoms. The minimum Gasteiger partial charge on any atom is -0.506 e. The fraction of sp³-hybridized carbons (Fsp3) is 0.333. The lowest BCUT2D eigenvalue weighted by Gasteiger charge is -2.28. The van der Waals surface area contributed by atoms with Gasteiger partial charge in [-0.2, -0.15) is 0 Å². The number of aryl methyl sites for hydroxylation is 1. The summed E-state index contributed by atoms with van der Waals surface area (Å²) in [5.74, 6) is -0.638. The molecule has 6 heteroatoms. The molecular formula is C18H24NO4P. The van der Waals surface area contributed by atoms with Gasteiger partial charge in [-0.25, -0.2) is 0 Å². The van der Waals surface area contributed by atoms with Gasteiger partial charge in [0.25, 0.3) is 0 Å². The molecule has 0 amide bonds. The van der Waals surface area contributed by atoms with Crippen LogP contribution < -0.4 is 5.32 Å². The largest absolute Gasteiger partial charge is 0.506 e. The Bertz CT molecular complexity index is 692. The van der Waals surface area contributed by atoms with Crippen LogP contribution in [0.4, 0.5) is 5.69 Å². The Morgan fingerprint density at radius 2 is 1.62 bits per heavy atom. The van der Waals surface area contributed by atoms with Crippen molar-refractivity contribution in [3.8, 4) is 5.75 Å². The van der Waals surface area contributed by atoms with Gasteiger partial charge in [-0.3, -0.25) is 4.57 Å². The highest BCUT2D eigenvalue weighted by molar-refractivity contribution is 7.54. The van der Waals surface area contributed by atoms with Crippen LogP contribution in [0.5, 0.6) is 5.75 Å². The molecule has 0 aliphatic carbocycles. The summed E-state index contributed by atoms with van der Waals surface area (Å²) in [5.41, 5.74) is 2.35. The number of para-hydroxylation sites is 2. The summed E-state index contributed by atoms with van der Waals surface area (Å²) in [7, 11) is -3.47. The number of nitrogens with one attached hydrogen (secondary N) is 1. The van der Waals surface area contributed by atoms with Gasteiger partial charge in [0.2, 0.25) is 0 Å². The smallest absolute Gasteiger partial charge is 0.357 e. The number of benzene rings is 2. The van der Waals surface area contributed by atoms with E-state index in [0.717, 1.165) is 11.1 Å². The first-order valence-corrected chi connectivity index (χ1v) is 9.61. The van der Waals surface area contributed by atoms with E-state index >= 15 is 0 Å². The van der Waals surface area contributed by atoms with Gasteiger partial charge >= 0.3 is 7.60 Å². The zero-order valence-corrected chi connectivity index (χ0v) is 15.1. The summed E-state index contributed by atoms with van der Waals surface area (Å²) < 4.78 is 24.4. The highest BCUT2D eigenvalue weighted by Gasteiger charge is 2.37. The van der Waals surface area contributed by atoms with E-state index in [-0.39, 0.29) is 19.0 Å². The van der Waals surface area contributed by atoms with Crippen molar-refractivity contribution < 1.29 is 18.7 Å². The Morgan fingerprint density at radius 1 is 1.04 bits per heavy atom. The van der Waals surface area contributed by atoms with Crippen LogP contribution in [0.15, 0.2) is 48.5 Å². The van der Waals surface area contributed by atoms with Gasteiger partial charge in [-0.1, -0.05) is 42.0 Å². The molecule has 24 heavy (non-hydrogen) atoms. The van der Waals surface area contributed by atoms with E-state index in [1.807, 2.05) is 31.2 Å². The van der Waals surface area contributed by atoms with Crippen molar-refractivity contribution in [3.63, 3.8) is 0 Å². The van der Waals surface area contributed by atoms with Gasteiger partial charge in [0, 0.05) is 0 Å². The molecule has 130 valence electrons. The SMILES string of the molecule is CCOP(=O)(OCC)C(Nc1ccccc1O)c1ccc(C)cc1. The van der Waals surface area contributed by atoms with Crippen LogP contribution in [-0.2, 0) is 13.6 Å². The number of phenolic OH excluding ortho intramolecular Hbond substituents is 1. The number of phenols is 1. The molecule has 0 saturated carbocycles. The maximum atomic E-state index is 13.3. The van der Waals surface area contributed by atoms with Crippen molar-refractivity contribution in [1.29, 1.82) is 0 Å². The predicted molar refractivity (Wildman–Crippen MR) is 96.5 cm³/mol. The van der Waals surface area contributed by atoms with Gasteiger partial charge in [0.1, 0.15) is 5.75 Å². The van der Waals surface area contributed by atoms with E-state index in [0.29, 0.717) is 5.69 Å². The molecule has 0 fully saturated rings. The second kappa shape index (κ2) is 8.34. The van der Waals surface area contributed by atoms with Crippen molar-refractivity contribution in [2.45, 2.75) is 26.6 Å². The third kappa shape index (κ3) is 4.38. The van der Waals surface area contributed by atoms with Gasteiger partial charge in [0.05, 0.1) is 18.9 Å². The Morgan fingerprint density at radius 3 is 2.17 bits per heavy atom. The first-order valence-electron chi connectivity index (χ1n) is 8.00. The fourth-order valence-corrected chi connectivity index (χ4v) is 4.31. The van der Waals surface area contributed by atoms with E-state index < -0.39 is 13.4 Å². The molecule has 1 unspecified atom stereocenters. The Hall–Kier alpha value is -1.81. The van der Waals surface area contributed by atoms with Crippen LogP contribution in [0.1, 0.15) is 30.8 Å². The van der Waals surface area contributed by atoms with Gasteiger partial charge < -0.3 is 19.5 Å². The summed E-state index contributed by atoms with van der Waals surface area (Å²) in [6.07, 6.45) is 0. The quantitative estimate of drug-likeness (QED) is 0.514. The summed E-state index contributed by atoms with van der Waals surface area (Å²) in [5, 5.41) is 13.2. The predicted octanol–water partition coefficient (Wildman–Crippen LogP) is 5.08. The molecule has 0 radical (unpaired) electrons. The maximum Gasteiger partial charge on any atom is 0.357 e. The molecule has 2 rings (SSSR count). The average Bonchev–Trinajstić information content (AvgIpc) is 2.55. The molecular weight excluding hydrogens is 325 g/mol. The molecule has 0 aromatic heterocycles. The van der Waals surface area contributed by atoms with E-state index in [1.54, 1.807) is 38.1 Å². The molecule has 0 heterocycles. The van der Waals surface area contributed by atoms with E-state index in [2.05, 4.69) is 5.32 Å². The monoisotopic (exact) mass is 349 g/mol. The summed E-state index contributed by atoms with van der Waals surface area (Å²) in [6, 6.07) is 14.5. The highest BCUT2D eigenvalue weighted by Crippen LogP contribution is 2.61. The van der Waals surface area contributed by atoms with Crippen LogP contribution in [0, 0.1) is 6.92 Å². The van der Waals surface area contributed by atoms with Crippen molar-refractivity contribution in [1.82, 2.24) is 0 Å². The second-order valence-electron chi connectivity index (χ2n) is 5.35. The van der Waals surface area contributed by atoms with Gasteiger partial charge in [-0.15, -0.1) is 0 Å². The molecule has 0 aliphatic rings. The molecule has 0 bridgehead atoms. The average molecular weight is 349 g/mol. The molecule has 5 nitrogen and oxygen atoms in total. The van der Waals surface area contributed by atoms with Gasteiger partial charge in [0.15, 0.2) is 5.78 Å². The zero-order valence-electron chi connectivity index (χ0n) is 14.2. The van der Waals surface area contributed by atoms with Crippen LogP contribution in [0.3, 0.4) is 0 Å². The Kier molecular flexibility index (Phi) is 6.44. The highest BCUT2D eigenvalue weighted by atomic mass is 31.2. The van der Waals surface area contributed by atoms with E-state index in [1.165, 1.54) is 0 Å². The van der Waals surface area contributed by atoms with Crippen LogP contribution in [0.25, 0.3) is 0 Å². The van der Waals surface area contributed by atoms with E-state index in [9.17, 15) is 9.67 Å². The minimum atomic E-state index is -3.47. The van der Waals surface area contributed by atoms with Crippen LogP contribution in [0.2, 0.25) is 0 Å². The molecule has 2 N–H and O–H groups in total. The molecule has 0 saturated heterocycles. The second-order valence-corrected chi connectivity index (χ2v) is 7.46. The first-order chi connectivity index (χ1) is 11.5. The number of hydrogen-bond donors (Lipinski definition) is 2. The van der Waals surface area contributed by atoms with Crippen molar-refractivity contribution in [2.75, 3.05) is 18.5 Å². The molecule has 2 aromatic carbocycles. The number of anilines is 1.